The fraction of sp³-hybridized carbons (Fsp3) is 0.455. The van der Waals surface area contributed by atoms with Crippen molar-refractivity contribution in [3.8, 4) is 5.75 Å². The molecule has 2 aromatic carbocycles. The summed E-state index contributed by atoms with van der Waals surface area (Å²) < 4.78 is 46.7. The largest absolute Gasteiger partial charge is 0.489 e. The minimum absolute atomic E-state index is 0.0227. The van der Waals surface area contributed by atoms with E-state index in [9.17, 15) is 13.2 Å². The molecule has 4 rings (SSSR count). The summed E-state index contributed by atoms with van der Waals surface area (Å²) in [6.45, 7) is 1.05. The lowest BCUT2D eigenvalue weighted by molar-refractivity contribution is -0.138. The van der Waals surface area contributed by atoms with Crippen LogP contribution in [0.4, 0.5) is 18.9 Å². The van der Waals surface area contributed by atoms with E-state index in [-0.39, 0.29) is 12.5 Å². The molecule has 1 aliphatic heterocycles. The molecule has 0 bridgehead atoms. The van der Waals surface area contributed by atoms with E-state index in [0.717, 1.165) is 50.8 Å². The van der Waals surface area contributed by atoms with E-state index < -0.39 is 11.7 Å². The van der Waals surface area contributed by atoms with E-state index in [4.69, 9.17) is 4.74 Å². The van der Waals surface area contributed by atoms with E-state index in [1.165, 1.54) is 11.6 Å². The van der Waals surface area contributed by atoms with Gasteiger partial charge in [-0.05, 0) is 66.1 Å². The molecule has 1 aliphatic carbocycles. The quantitative estimate of drug-likeness (QED) is 0.677. The summed E-state index contributed by atoms with van der Waals surface area (Å²) >= 11 is 0. The maximum Gasteiger partial charge on any atom is 0.416 e. The molecule has 0 saturated heterocycles. The third-order valence-electron chi connectivity index (χ3n) is 5.66. The number of fused-ring (bicyclic) bond motifs is 1. The number of benzene rings is 2. The van der Waals surface area contributed by atoms with Crippen molar-refractivity contribution in [3.63, 3.8) is 0 Å². The highest BCUT2D eigenvalue weighted by Gasteiger charge is 2.35. The van der Waals surface area contributed by atoms with Crippen LogP contribution in [0.15, 0.2) is 36.4 Å². The van der Waals surface area contributed by atoms with Gasteiger partial charge in [0, 0.05) is 12.2 Å². The molecule has 1 saturated carbocycles. The van der Waals surface area contributed by atoms with Crippen molar-refractivity contribution in [1.82, 2.24) is 0 Å². The van der Waals surface area contributed by atoms with Crippen LogP contribution in [0.1, 0.15) is 60.3 Å². The lowest BCUT2D eigenvalue weighted by Gasteiger charge is -2.25. The van der Waals surface area contributed by atoms with Gasteiger partial charge in [-0.15, -0.1) is 0 Å². The highest BCUT2D eigenvalue weighted by atomic mass is 19.4. The fourth-order valence-electron chi connectivity index (χ4n) is 4.25. The van der Waals surface area contributed by atoms with Crippen molar-refractivity contribution in [2.75, 3.05) is 11.9 Å². The monoisotopic (exact) mass is 375 g/mol. The maximum absolute atomic E-state index is 13.6. The predicted octanol–water partition coefficient (Wildman–Crippen LogP) is 6.30. The third-order valence-corrected chi connectivity index (χ3v) is 5.66. The van der Waals surface area contributed by atoms with Gasteiger partial charge in [-0.3, -0.25) is 0 Å². The number of anilines is 1. The molecule has 5 heteroatoms. The standard InChI is InChI=1S/C22H24F3NO/c23-22(24,25)20-12-15(6-8-19(20)16-4-2-1-3-5-16)14-27-18-7-9-21-17(13-18)10-11-26-21/h6-9,12-13,16,26H,1-5,10-11,14H2. The Kier molecular flexibility index (Phi) is 5.02. The number of alkyl halides is 3. The summed E-state index contributed by atoms with van der Waals surface area (Å²) in [7, 11) is 0. The van der Waals surface area contributed by atoms with Gasteiger partial charge in [-0.1, -0.05) is 31.4 Å². The average Bonchev–Trinajstić information content (AvgIpc) is 3.14. The van der Waals surface area contributed by atoms with Crippen LogP contribution in [0.5, 0.6) is 5.75 Å². The Bertz CT molecular complexity index is 810. The number of nitrogens with one attached hydrogen (secondary N) is 1. The van der Waals surface area contributed by atoms with Crippen LogP contribution in [0.2, 0.25) is 0 Å². The number of halogens is 3. The minimum atomic E-state index is -4.33. The Balaban J connectivity index is 1.52. The lowest BCUT2D eigenvalue weighted by Crippen LogP contribution is -2.15. The van der Waals surface area contributed by atoms with Crippen molar-refractivity contribution >= 4 is 5.69 Å². The van der Waals surface area contributed by atoms with Gasteiger partial charge in [0.15, 0.2) is 0 Å². The molecule has 1 fully saturated rings. The van der Waals surface area contributed by atoms with Crippen LogP contribution in [0, 0.1) is 0 Å². The van der Waals surface area contributed by atoms with Gasteiger partial charge in [0.2, 0.25) is 0 Å². The minimum Gasteiger partial charge on any atom is -0.489 e. The SMILES string of the molecule is FC(F)(F)c1cc(COc2ccc3c(c2)CCN3)ccc1C1CCCCC1. The van der Waals surface area contributed by atoms with E-state index in [1.54, 1.807) is 12.1 Å². The van der Waals surface area contributed by atoms with E-state index in [2.05, 4.69) is 5.32 Å². The molecule has 1 heterocycles. The Morgan fingerprint density at radius 3 is 2.59 bits per heavy atom. The van der Waals surface area contributed by atoms with Gasteiger partial charge in [-0.2, -0.15) is 13.2 Å². The first-order valence-corrected chi connectivity index (χ1v) is 9.70. The summed E-state index contributed by atoms with van der Waals surface area (Å²) in [6.07, 6.45) is 1.47. The normalized spacial score (nSPS) is 17.4. The lowest BCUT2D eigenvalue weighted by atomic mass is 9.81. The number of ether oxygens (including phenoxy) is 1. The Hall–Kier alpha value is -2.17. The first-order chi connectivity index (χ1) is 13.0. The average molecular weight is 375 g/mol. The second-order valence-electron chi connectivity index (χ2n) is 7.54. The van der Waals surface area contributed by atoms with Gasteiger partial charge in [0.05, 0.1) is 5.56 Å². The fourth-order valence-corrected chi connectivity index (χ4v) is 4.25. The van der Waals surface area contributed by atoms with Crippen molar-refractivity contribution in [3.05, 3.63) is 58.7 Å². The van der Waals surface area contributed by atoms with Gasteiger partial charge in [-0.25, -0.2) is 0 Å². The molecule has 2 nitrogen and oxygen atoms in total. The molecule has 2 aliphatic rings. The van der Waals surface area contributed by atoms with Crippen LogP contribution in [0.25, 0.3) is 0 Å². The van der Waals surface area contributed by atoms with Gasteiger partial charge < -0.3 is 10.1 Å². The Morgan fingerprint density at radius 2 is 1.81 bits per heavy atom. The first-order valence-electron chi connectivity index (χ1n) is 9.70. The molecule has 0 atom stereocenters. The molecule has 144 valence electrons. The van der Waals surface area contributed by atoms with Crippen LogP contribution in [-0.2, 0) is 19.2 Å². The Morgan fingerprint density at radius 1 is 1.00 bits per heavy atom. The van der Waals surface area contributed by atoms with Crippen molar-refractivity contribution in [1.29, 1.82) is 0 Å². The van der Waals surface area contributed by atoms with Crippen molar-refractivity contribution < 1.29 is 17.9 Å². The molecule has 0 spiro atoms. The smallest absolute Gasteiger partial charge is 0.416 e. The molecular formula is C22H24F3NO. The molecular weight excluding hydrogens is 351 g/mol. The zero-order valence-corrected chi connectivity index (χ0v) is 15.2. The maximum atomic E-state index is 13.6. The summed E-state index contributed by atoms with van der Waals surface area (Å²) in [5, 5.41) is 3.28. The third kappa shape index (κ3) is 4.07. The summed E-state index contributed by atoms with van der Waals surface area (Å²) in [4.78, 5) is 0. The number of hydrogen-bond acceptors (Lipinski definition) is 2. The molecule has 0 amide bonds. The van der Waals surface area contributed by atoms with Crippen LogP contribution < -0.4 is 10.1 Å². The van der Waals surface area contributed by atoms with Crippen molar-refractivity contribution in [2.45, 2.75) is 57.2 Å². The van der Waals surface area contributed by atoms with Gasteiger partial charge in [0.1, 0.15) is 12.4 Å². The zero-order chi connectivity index (χ0) is 18.9. The van der Waals surface area contributed by atoms with Gasteiger partial charge >= 0.3 is 6.18 Å². The van der Waals surface area contributed by atoms with Crippen LogP contribution >= 0.6 is 0 Å². The molecule has 0 aromatic heterocycles. The zero-order valence-electron chi connectivity index (χ0n) is 15.2. The first kappa shape index (κ1) is 18.2. The molecule has 2 aromatic rings. The van der Waals surface area contributed by atoms with Crippen molar-refractivity contribution in [2.24, 2.45) is 0 Å². The van der Waals surface area contributed by atoms with Gasteiger partial charge in [0.25, 0.3) is 0 Å². The highest BCUT2D eigenvalue weighted by molar-refractivity contribution is 5.57. The molecule has 1 N–H and O–H groups in total. The highest BCUT2D eigenvalue weighted by Crippen LogP contribution is 2.41. The summed E-state index contributed by atoms with van der Waals surface area (Å²) in [6, 6.07) is 10.5. The summed E-state index contributed by atoms with van der Waals surface area (Å²) in [5.41, 5.74) is 2.82. The molecule has 0 radical (unpaired) electrons. The van der Waals surface area contributed by atoms with Crippen LogP contribution in [0.3, 0.4) is 0 Å². The molecule has 27 heavy (non-hydrogen) atoms. The predicted molar refractivity (Wildman–Crippen MR) is 100 cm³/mol. The number of hydrogen-bond donors (Lipinski definition) is 1. The Labute approximate surface area is 157 Å². The van der Waals surface area contributed by atoms with E-state index in [1.807, 2.05) is 18.2 Å². The summed E-state index contributed by atoms with van der Waals surface area (Å²) in [5.74, 6) is 0.719. The second-order valence-corrected chi connectivity index (χ2v) is 7.54. The van der Waals surface area contributed by atoms with Crippen LogP contribution in [-0.4, -0.2) is 6.54 Å². The topological polar surface area (TPSA) is 21.3 Å². The second kappa shape index (κ2) is 7.45. The van der Waals surface area contributed by atoms with E-state index in [0.29, 0.717) is 16.9 Å². The van der Waals surface area contributed by atoms with E-state index >= 15 is 0 Å². The number of rotatable bonds is 4. The molecule has 0 unspecified atom stereocenters.